The largest absolute Gasteiger partial charge is 0.478 e. The number of nitro benzene ring substituents is 1. The van der Waals surface area contributed by atoms with E-state index < -0.39 is 22.9 Å². The van der Waals surface area contributed by atoms with Gasteiger partial charge in [0.25, 0.3) is 0 Å². The monoisotopic (exact) mass is 243 g/mol. The van der Waals surface area contributed by atoms with E-state index in [1.54, 1.807) is 0 Å². The van der Waals surface area contributed by atoms with Crippen LogP contribution in [0.5, 0.6) is 5.75 Å². The molecule has 0 aliphatic carbocycles. The Kier molecular flexibility index (Phi) is 3.21. The zero-order valence-electron chi connectivity index (χ0n) is 8.71. The molecule has 17 heavy (non-hydrogen) atoms. The van der Waals surface area contributed by atoms with Gasteiger partial charge in [0, 0.05) is 12.1 Å². The molecule has 0 bridgehead atoms. The lowest BCUT2D eigenvalue weighted by atomic mass is 10.2. The summed E-state index contributed by atoms with van der Waals surface area (Å²) in [4.78, 5) is 10.0. The molecular weight excluding hydrogens is 233 g/mol. The third-order valence-corrected chi connectivity index (χ3v) is 2.40. The molecule has 1 aromatic carbocycles. The second-order valence-corrected chi connectivity index (χ2v) is 3.63. The third kappa shape index (κ3) is 2.51. The second-order valence-electron chi connectivity index (χ2n) is 3.63. The normalized spacial score (nSPS) is 23.6. The quantitative estimate of drug-likeness (QED) is 0.629. The highest BCUT2D eigenvalue weighted by Crippen LogP contribution is 2.29. The molecule has 1 aliphatic rings. The molecule has 0 amide bonds. The molecule has 1 N–H and O–H groups in total. The fourth-order valence-corrected chi connectivity index (χ4v) is 1.53. The van der Waals surface area contributed by atoms with E-state index in [0.717, 1.165) is 18.2 Å². The summed E-state index contributed by atoms with van der Waals surface area (Å²) in [5.41, 5.74) is -0.342. The zero-order valence-corrected chi connectivity index (χ0v) is 8.71. The lowest BCUT2D eigenvalue weighted by Gasteiger charge is -2.15. The maximum Gasteiger partial charge on any atom is 0.311 e. The number of nitrogens with zero attached hydrogens (tertiary/aromatic N) is 1. The number of benzene rings is 1. The minimum absolute atomic E-state index is 0.105. The van der Waals surface area contributed by atoms with Crippen molar-refractivity contribution in [1.29, 1.82) is 0 Å². The predicted molar refractivity (Wildman–Crippen MR) is 54.3 cm³/mol. The number of aliphatic hydroxyl groups excluding tert-OH is 1. The number of ether oxygens (including phenoxy) is 2. The summed E-state index contributed by atoms with van der Waals surface area (Å²) in [5.74, 6) is -0.844. The summed E-state index contributed by atoms with van der Waals surface area (Å²) in [6.07, 6.45) is -1.58. The zero-order chi connectivity index (χ0) is 12.4. The highest BCUT2D eigenvalue weighted by Gasteiger charge is 2.30. The van der Waals surface area contributed by atoms with Gasteiger partial charge in [-0.25, -0.2) is 4.39 Å². The van der Waals surface area contributed by atoms with E-state index in [1.165, 1.54) is 0 Å². The minimum atomic E-state index is -0.863. The van der Waals surface area contributed by atoms with Crippen molar-refractivity contribution in [1.82, 2.24) is 0 Å². The fraction of sp³-hybridized carbons (Fsp3) is 0.400. The van der Waals surface area contributed by atoms with Gasteiger partial charge in [0.2, 0.25) is 0 Å². The van der Waals surface area contributed by atoms with E-state index in [9.17, 15) is 19.6 Å². The summed E-state index contributed by atoms with van der Waals surface area (Å²) in [7, 11) is 0. The average Bonchev–Trinajstić information content (AvgIpc) is 2.64. The minimum Gasteiger partial charge on any atom is -0.478 e. The first-order valence-corrected chi connectivity index (χ1v) is 4.94. The van der Waals surface area contributed by atoms with Crippen molar-refractivity contribution in [2.75, 3.05) is 13.2 Å². The van der Waals surface area contributed by atoms with E-state index in [0.29, 0.717) is 0 Å². The van der Waals surface area contributed by atoms with Gasteiger partial charge >= 0.3 is 5.69 Å². The molecule has 1 fully saturated rings. The Morgan fingerprint density at radius 1 is 1.53 bits per heavy atom. The fourth-order valence-electron chi connectivity index (χ4n) is 1.53. The van der Waals surface area contributed by atoms with Crippen LogP contribution in [0, 0.1) is 15.9 Å². The van der Waals surface area contributed by atoms with Crippen molar-refractivity contribution in [3.63, 3.8) is 0 Å². The molecule has 6 nitrogen and oxygen atoms in total. The Bertz CT molecular complexity index is 439. The first-order valence-electron chi connectivity index (χ1n) is 4.94. The van der Waals surface area contributed by atoms with E-state index in [4.69, 9.17) is 9.47 Å². The van der Waals surface area contributed by atoms with Crippen molar-refractivity contribution in [2.45, 2.75) is 12.2 Å². The topological polar surface area (TPSA) is 81.8 Å². The Morgan fingerprint density at radius 3 is 2.88 bits per heavy atom. The van der Waals surface area contributed by atoms with Gasteiger partial charge < -0.3 is 14.6 Å². The van der Waals surface area contributed by atoms with Gasteiger partial charge in [-0.05, 0) is 6.07 Å². The number of nitro groups is 1. The molecule has 7 heteroatoms. The van der Waals surface area contributed by atoms with Crippen molar-refractivity contribution < 1.29 is 23.9 Å². The van der Waals surface area contributed by atoms with Crippen LogP contribution in [-0.4, -0.2) is 35.5 Å². The van der Waals surface area contributed by atoms with E-state index in [1.807, 2.05) is 0 Å². The van der Waals surface area contributed by atoms with Crippen LogP contribution in [0.25, 0.3) is 0 Å². The SMILES string of the molecule is O=[N+]([O-])c1ccc(F)cc1O[C@H]1COC[C@@H]1O. The van der Waals surface area contributed by atoms with Crippen LogP contribution in [-0.2, 0) is 4.74 Å². The number of halogens is 1. The van der Waals surface area contributed by atoms with Gasteiger partial charge in [-0.2, -0.15) is 0 Å². The number of hydrogen-bond acceptors (Lipinski definition) is 5. The van der Waals surface area contributed by atoms with Gasteiger partial charge in [0.1, 0.15) is 11.9 Å². The lowest BCUT2D eigenvalue weighted by molar-refractivity contribution is -0.386. The van der Waals surface area contributed by atoms with Crippen molar-refractivity contribution in [2.24, 2.45) is 0 Å². The van der Waals surface area contributed by atoms with Crippen molar-refractivity contribution in [3.05, 3.63) is 34.1 Å². The van der Waals surface area contributed by atoms with E-state index in [2.05, 4.69) is 0 Å². The Morgan fingerprint density at radius 2 is 2.29 bits per heavy atom. The molecule has 1 aliphatic heterocycles. The second kappa shape index (κ2) is 4.64. The van der Waals surface area contributed by atoms with E-state index in [-0.39, 0.29) is 24.7 Å². The third-order valence-electron chi connectivity index (χ3n) is 2.40. The molecule has 0 aromatic heterocycles. The summed E-state index contributed by atoms with van der Waals surface area (Å²) in [5, 5.41) is 20.1. The van der Waals surface area contributed by atoms with Crippen molar-refractivity contribution >= 4 is 5.69 Å². The maximum absolute atomic E-state index is 13.0. The first-order chi connectivity index (χ1) is 8.08. The molecule has 1 heterocycles. The van der Waals surface area contributed by atoms with Gasteiger partial charge in [-0.15, -0.1) is 0 Å². The van der Waals surface area contributed by atoms with Crippen molar-refractivity contribution in [3.8, 4) is 5.75 Å². The first kappa shape index (κ1) is 11.7. The van der Waals surface area contributed by atoms with Crippen LogP contribution in [0.4, 0.5) is 10.1 Å². The number of hydrogen-bond donors (Lipinski definition) is 1. The van der Waals surface area contributed by atoms with Crippen LogP contribution < -0.4 is 4.74 Å². The molecule has 0 unspecified atom stereocenters. The summed E-state index contributed by atoms with van der Waals surface area (Å²) in [6, 6.07) is 2.92. The van der Waals surface area contributed by atoms with Crippen LogP contribution in [0.1, 0.15) is 0 Å². The highest BCUT2D eigenvalue weighted by atomic mass is 19.1. The van der Waals surface area contributed by atoms with Gasteiger partial charge in [-0.3, -0.25) is 10.1 Å². The van der Waals surface area contributed by atoms with Gasteiger partial charge in [0.15, 0.2) is 11.9 Å². The van der Waals surface area contributed by atoms with Gasteiger partial charge in [0.05, 0.1) is 18.1 Å². The summed E-state index contributed by atoms with van der Waals surface area (Å²) in [6.45, 7) is 0.225. The lowest BCUT2D eigenvalue weighted by Crippen LogP contribution is -2.30. The van der Waals surface area contributed by atoms with Crippen LogP contribution in [0.3, 0.4) is 0 Å². The molecule has 1 aromatic rings. The summed E-state index contributed by atoms with van der Waals surface area (Å²) >= 11 is 0. The number of rotatable bonds is 3. The Labute approximate surface area is 95.7 Å². The Hall–Kier alpha value is -1.73. The van der Waals surface area contributed by atoms with Crippen LogP contribution in [0.15, 0.2) is 18.2 Å². The molecule has 0 saturated carbocycles. The van der Waals surface area contributed by atoms with Gasteiger partial charge in [-0.1, -0.05) is 0 Å². The van der Waals surface area contributed by atoms with E-state index >= 15 is 0 Å². The number of aliphatic hydroxyl groups is 1. The standard InChI is InChI=1S/C10H10FNO5/c11-6-1-2-7(12(14)15)9(3-6)17-10-5-16-4-8(10)13/h1-3,8,10,13H,4-5H2/t8-,10-/m0/s1. The Balaban J connectivity index is 2.24. The molecular formula is C10H10FNO5. The maximum atomic E-state index is 13.0. The molecule has 92 valence electrons. The average molecular weight is 243 g/mol. The molecule has 0 radical (unpaired) electrons. The molecule has 1 saturated heterocycles. The summed E-state index contributed by atoms with van der Waals surface area (Å²) < 4.78 is 23.1. The predicted octanol–water partition coefficient (Wildman–Crippen LogP) is 0.872. The smallest absolute Gasteiger partial charge is 0.311 e. The van der Waals surface area contributed by atoms with Crippen LogP contribution in [0.2, 0.25) is 0 Å². The molecule has 2 atom stereocenters. The highest BCUT2D eigenvalue weighted by molar-refractivity contribution is 5.46. The molecule has 2 rings (SSSR count). The molecule has 0 spiro atoms. The van der Waals surface area contributed by atoms with Crippen LogP contribution >= 0.6 is 0 Å².